The van der Waals surface area contributed by atoms with Crippen LogP contribution in [0.15, 0.2) is 0 Å². The van der Waals surface area contributed by atoms with Crippen LogP contribution >= 0.6 is 12.4 Å². The van der Waals surface area contributed by atoms with Crippen LogP contribution in [0.25, 0.3) is 0 Å². The molecule has 0 unspecified atom stereocenters. The molecule has 0 aliphatic rings. The molecule has 1 amide bonds. The molecule has 0 spiro atoms. The molecular weight excluding hydrogens is 224 g/mol. The number of hydrogen-bond acceptors (Lipinski definition) is 2. The average Bonchev–Trinajstić information content (AvgIpc) is 2.13. The first-order valence-corrected chi connectivity index (χ1v) is 5.93. The Labute approximate surface area is 106 Å². The summed E-state index contributed by atoms with van der Waals surface area (Å²) in [4.78, 5) is 13.9. The molecule has 4 heteroatoms. The number of amides is 1. The van der Waals surface area contributed by atoms with Crippen LogP contribution in [0.5, 0.6) is 0 Å². The average molecular weight is 251 g/mol. The molecule has 0 aromatic rings. The van der Waals surface area contributed by atoms with Crippen LogP contribution in [0, 0.1) is 5.92 Å². The van der Waals surface area contributed by atoms with Gasteiger partial charge in [0.2, 0.25) is 5.91 Å². The summed E-state index contributed by atoms with van der Waals surface area (Å²) >= 11 is 0. The molecule has 0 aliphatic carbocycles. The largest absolute Gasteiger partial charge is 0.340 e. The summed E-state index contributed by atoms with van der Waals surface area (Å²) in [6.45, 7) is 10.2. The predicted molar refractivity (Wildman–Crippen MR) is 72.1 cm³/mol. The van der Waals surface area contributed by atoms with Crippen LogP contribution in [0.1, 0.15) is 40.5 Å². The smallest absolute Gasteiger partial charge is 0.222 e. The number of nitrogens with zero attached hydrogens (tertiary/aromatic N) is 1. The highest BCUT2D eigenvalue weighted by Gasteiger charge is 2.16. The molecular formula is C12H27ClN2O. The Morgan fingerprint density at radius 3 is 2.19 bits per heavy atom. The summed E-state index contributed by atoms with van der Waals surface area (Å²) in [5, 5.41) is 3.06. The predicted octanol–water partition coefficient (Wildman–Crippen LogP) is 2.30. The van der Waals surface area contributed by atoms with Gasteiger partial charge >= 0.3 is 0 Å². The molecule has 1 N–H and O–H groups in total. The van der Waals surface area contributed by atoms with Crippen molar-refractivity contribution in [3.8, 4) is 0 Å². The highest BCUT2D eigenvalue weighted by atomic mass is 35.5. The number of carbonyl (C=O) groups excluding carboxylic acids is 1. The first kappa shape index (κ1) is 18.1. The first-order valence-electron chi connectivity index (χ1n) is 5.93. The first-order chi connectivity index (χ1) is 6.99. The Kier molecular flexibility index (Phi) is 11.2. The van der Waals surface area contributed by atoms with Gasteiger partial charge in [-0.05, 0) is 39.8 Å². The van der Waals surface area contributed by atoms with Crippen molar-refractivity contribution in [2.75, 3.05) is 20.1 Å². The quantitative estimate of drug-likeness (QED) is 0.704. The maximum atomic E-state index is 11.9. The van der Waals surface area contributed by atoms with Crippen molar-refractivity contribution in [3.05, 3.63) is 0 Å². The minimum atomic E-state index is 0. The van der Waals surface area contributed by atoms with E-state index in [2.05, 4.69) is 33.0 Å². The number of rotatable bonds is 7. The lowest BCUT2D eigenvalue weighted by Gasteiger charge is -2.28. The summed E-state index contributed by atoms with van der Waals surface area (Å²) in [5.41, 5.74) is 0. The van der Waals surface area contributed by atoms with Crippen LogP contribution in [0.3, 0.4) is 0 Å². The van der Waals surface area contributed by atoms with E-state index in [1.54, 1.807) is 0 Å². The number of hydrogen-bond donors (Lipinski definition) is 1. The van der Waals surface area contributed by atoms with Crippen molar-refractivity contribution >= 4 is 18.3 Å². The van der Waals surface area contributed by atoms with Gasteiger partial charge in [0.15, 0.2) is 0 Å². The molecule has 0 bridgehead atoms. The van der Waals surface area contributed by atoms with Gasteiger partial charge in [-0.15, -0.1) is 12.4 Å². The lowest BCUT2D eigenvalue weighted by atomic mass is 10.1. The van der Waals surface area contributed by atoms with E-state index in [1.165, 1.54) is 0 Å². The topological polar surface area (TPSA) is 32.3 Å². The third kappa shape index (κ3) is 7.94. The highest BCUT2D eigenvalue weighted by molar-refractivity contribution is 5.85. The van der Waals surface area contributed by atoms with Crippen LogP contribution < -0.4 is 5.32 Å². The second-order valence-electron chi connectivity index (χ2n) is 4.74. The van der Waals surface area contributed by atoms with Crippen LogP contribution in [-0.2, 0) is 4.79 Å². The highest BCUT2D eigenvalue weighted by Crippen LogP contribution is 2.07. The number of carbonyl (C=O) groups is 1. The Hall–Kier alpha value is -0.280. The minimum Gasteiger partial charge on any atom is -0.340 e. The molecule has 0 aliphatic heterocycles. The fourth-order valence-electron chi connectivity index (χ4n) is 1.55. The molecule has 0 fully saturated rings. The van der Waals surface area contributed by atoms with E-state index in [4.69, 9.17) is 0 Å². The lowest BCUT2D eigenvalue weighted by Crippen LogP contribution is -2.39. The number of nitrogens with one attached hydrogen (secondary N) is 1. The van der Waals surface area contributed by atoms with Crippen molar-refractivity contribution < 1.29 is 4.79 Å². The number of halogens is 1. The molecule has 16 heavy (non-hydrogen) atoms. The van der Waals surface area contributed by atoms with Gasteiger partial charge in [-0.2, -0.15) is 0 Å². The van der Waals surface area contributed by atoms with E-state index in [0.717, 1.165) is 19.5 Å². The van der Waals surface area contributed by atoms with Crippen molar-refractivity contribution in [2.24, 2.45) is 5.92 Å². The fraction of sp³-hybridized carbons (Fsp3) is 0.917. The van der Waals surface area contributed by atoms with Crippen LogP contribution in [0.2, 0.25) is 0 Å². The van der Waals surface area contributed by atoms with Gasteiger partial charge in [-0.3, -0.25) is 4.79 Å². The zero-order chi connectivity index (χ0) is 11.8. The summed E-state index contributed by atoms with van der Waals surface area (Å²) in [6.07, 6.45) is 1.59. The molecule has 0 atom stereocenters. The Morgan fingerprint density at radius 2 is 1.81 bits per heavy atom. The van der Waals surface area contributed by atoms with E-state index in [-0.39, 0.29) is 18.3 Å². The molecule has 98 valence electrons. The van der Waals surface area contributed by atoms with Gasteiger partial charge in [0.1, 0.15) is 0 Å². The second kappa shape index (κ2) is 9.91. The summed E-state index contributed by atoms with van der Waals surface area (Å²) < 4.78 is 0. The van der Waals surface area contributed by atoms with Gasteiger partial charge in [0, 0.05) is 19.0 Å². The minimum absolute atomic E-state index is 0. The Morgan fingerprint density at radius 1 is 1.25 bits per heavy atom. The van der Waals surface area contributed by atoms with E-state index in [1.807, 2.05) is 11.9 Å². The maximum Gasteiger partial charge on any atom is 0.222 e. The molecule has 0 saturated heterocycles. The second-order valence-corrected chi connectivity index (χ2v) is 4.74. The van der Waals surface area contributed by atoms with Crippen LogP contribution in [-0.4, -0.2) is 37.0 Å². The molecule has 3 nitrogen and oxygen atoms in total. The molecule has 0 aromatic heterocycles. The van der Waals surface area contributed by atoms with Crippen LogP contribution in [0.4, 0.5) is 0 Å². The maximum absolute atomic E-state index is 11.9. The van der Waals surface area contributed by atoms with E-state index in [9.17, 15) is 4.79 Å². The molecule has 0 saturated carbocycles. The normalized spacial score (nSPS) is 10.4. The molecule has 0 heterocycles. The van der Waals surface area contributed by atoms with Crippen molar-refractivity contribution in [2.45, 2.75) is 46.6 Å². The van der Waals surface area contributed by atoms with E-state index < -0.39 is 0 Å². The molecule has 0 aromatic carbocycles. The fourth-order valence-corrected chi connectivity index (χ4v) is 1.55. The van der Waals surface area contributed by atoms with Crippen molar-refractivity contribution in [1.29, 1.82) is 0 Å². The third-order valence-electron chi connectivity index (χ3n) is 2.32. The van der Waals surface area contributed by atoms with Gasteiger partial charge in [-0.1, -0.05) is 13.8 Å². The van der Waals surface area contributed by atoms with Gasteiger partial charge in [-0.25, -0.2) is 0 Å². The standard InChI is InChI=1S/C12H26N2O.ClH/c1-10(2)9-14(11(3)4)12(15)7-6-8-13-5;/h10-11,13H,6-9H2,1-5H3;1H. The summed E-state index contributed by atoms with van der Waals surface area (Å²) in [7, 11) is 1.92. The zero-order valence-electron chi connectivity index (χ0n) is 11.2. The monoisotopic (exact) mass is 250 g/mol. The van der Waals surface area contributed by atoms with Crippen molar-refractivity contribution in [3.63, 3.8) is 0 Å². The van der Waals surface area contributed by atoms with Crippen molar-refractivity contribution in [1.82, 2.24) is 10.2 Å². The van der Waals surface area contributed by atoms with Gasteiger partial charge < -0.3 is 10.2 Å². The molecule has 0 rings (SSSR count). The van der Waals surface area contributed by atoms with Gasteiger partial charge in [0.05, 0.1) is 0 Å². The Balaban J connectivity index is 0. The summed E-state index contributed by atoms with van der Waals surface area (Å²) in [5.74, 6) is 0.828. The molecule has 0 radical (unpaired) electrons. The third-order valence-corrected chi connectivity index (χ3v) is 2.32. The van der Waals surface area contributed by atoms with Gasteiger partial charge in [0.25, 0.3) is 0 Å². The zero-order valence-corrected chi connectivity index (χ0v) is 12.1. The summed E-state index contributed by atoms with van der Waals surface area (Å²) in [6, 6.07) is 0.314. The lowest BCUT2D eigenvalue weighted by molar-refractivity contribution is -0.133. The SMILES string of the molecule is CNCCCC(=O)N(CC(C)C)C(C)C.Cl. The van der Waals surface area contributed by atoms with E-state index in [0.29, 0.717) is 18.4 Å². The Bertz CT molecular complexity index is 184. The van der Waals surface area contributed by atoms with E-state index >= 15 is 0 Å².